The van der Waals surface area contributed by atoms with Crippen molar-refractivity contribution in [1.82, 2.24) is 14.3 Å². The van der Waals surface area contributed by atoms with E-state index in [1.54, 1.807) is 41.8 Å². The number of benzene rings is 1. The predicted molar refractivity (Wildman–Crippen MR) is 96.2 cm³/mol. The zero-order chi connectivity index (χ0) is 17.9. The van der Waals surface area contributed by atoms with Crippen molar-refractivity contribution in [1.29, 1.82) is 0 Å². The average molecular weight is 379 g/mol. The van der Waals surface area contributed by atoms with E-state index in [1.165, 1.54) is 11.4 Å². The fourth-order valence-corrected chi connectivity index (χ4v) is 4.92. The van der Waals surface area contributed by atoms with E-state index in [9.17, 15) is 13.2 Å². The van der Waals surface area contributed by atoms with Gasteiger partial charge in [-0.05, 0) is 23.6 Å². The third-order valence-electron chi connectivity index (χ3n) is 3.62. The van der Waals surface area contributed by atoms with Gasteiger partial charge in [-0.15, -0.1) is 11.3 Å². The van der Waals surface area contributed by atoms with E-state index in [-0.39, 0.29) is 29.5 Å². The summed E-state index contributed by atoms with van der Waals surface area (Å²) in [5.74, 6) is 0.292. The van der Waals surface area contributed by atoms with E-state index >= 15 is 0 Å². The maximum atomic E-state index is 12.8. The Kier molecular flexibility index (Phi) is 5.28. The number of rotatable bonds is 7. The number of methoxy groups -OCH3 is 1. The molecule has 0 atom stereocenters. The van der Waals surface area contributed by atoms with Gasteiger partial charge in [-0.2, -0.15) is 4.31 Å². The maximum Gasteiger partial charge on any atom is 0.258 e. The number of aromatic amines is 1. The Hall–Kier alpha value is -2.07. The summed E-state index contributed by atoms with van der Waals surface area (Å²) in [6, 6.07) is 10.2. The lowest BCUT2D eigenvalue weighted by atomic mass is 10.2. The minimum absolute atomic E-state index is 0.0380. The summed E-state index contributed by atoms with van der Waals surface area (Å²) < 4.78 is 32.1. The van der Waals surface area contributed by atoms with Crippen LogP contribution in [0.2, 0.25) is 0 Å². The minimum atomic E-state index is -3.68. The Morgan fingerprint density at radius 3 is 2.76 bits per heavy atom. The third-order valence-corrected chi connectivity index (χ3v) is 6.84. The molecule has 1 N–H and O–H groups in total. The predicted octanol–water partition coefficient (Wildman–Crippen LogP) is 1.82. The molecule has 25 heavy (non-hydrogen) atoms. The van der Waals surface area contributed by atoms with Crippen LogP contribution in [-0.2, 0) is 21.3 Å². The fourth-order valence-electron chi connectivity index (χ4n) is 2.39. The average Bonchev–Trinajstić information content (AvgIpc) is 3.14. The Morgan fingerprint density at radius 1 is 1.24 bits per heavy atom. The molecule has 0 bridgehead atoms. The van der Waals surface area contributed by atoms with Crippen LogP contribution in [0.3, 0.4) is 0 Å². The number of ether oxygens (including phenoxy) is 1. The monoisotopic (exact) mass is 379 g/mol. The molecule has 1 aromatic carbocycles. The van der Waals surface area contributed by atoms with Crippen LogP contribution in [0.4, 0.5) is 0 Å². The molecule has 0 spiro atoms. The van der Waals surface area contributed by atoms with Gasteiger partial charge in [0.1, 0.15) is 10.0 Å². The van der Waals surface area contributed by atoms with Crippen LogP contribution in [0.15, 0.2) is 50.8 Å². The quantitative estimate of drug-likeness (QED) is 0.676. The van der Waals surface area contributed by atoms with Gasteiger partial charge in [-0.1, -0.05) is 18.2 Å². The van der Waals surface area contributed by atoms with Gasteiger partial charge in [0.15, 0.2) is 0 Å². The van der Waals surface area contributed by atoms with Gasteiger partial charge in [0.2, 0.25) is 0 Å². The summed E-state index contributed by atoms with van der Waals surface area (Å²) in [4.78, 5) is 19.2. The number of hydrogen-bond acceptors (Lipinski definition) is 6. The SMILES string of the molecule is COCCN(Cc1nc2ccccc2c(=O)[nH]1)S(=O)(=O)c1cccs1. The maximum absolute atomic E-state index is 12.8. The number of nitrogens with one attached hydrogen (secondary N) is 1. The van der Waals surface area contributed by atoms with Gasteiger partial charge in [0.05, 0.1) is 24.1 Å². The van der Waals surface area contributed by atoms with Crippen LogP contribution in [0.25, 0.3) is 10.9 Å². The second-order valence-electron chi connectivity index (χ2n) is 5.29. The number of thiophene rings is 1. The van der Waals surface area contributed by atoms with E-state index in [1.807, 2.05) is 0 Å². The van der Waals surface area contributed by atoms with E-state index in [4.69, 9.17) is 4.74 Å². The van der Waals surface area contributed by atoms with E-state index < -0.39 is 10.0 Å². The number of nitrogens with zero attached hydrogens (tertiary/aromatic N) is 2. The van der Waals surface area contributed by atoms with Crippen molar-refractivity contribution in [3.8, 4) is 0 Å². The zero-order valence-electron chi connectivity index (χ0n) is 13.5. The molecule has 2 aromatic heterocycles. The van der Waals surface area contributed by atoms with Crippen molar-refractivity contribution < 1.29 is 13.2 Å². The number of para-hydroxylation sites is 1. The first-order chi connectivity index (χ1) is 12.0. The lowest BCUT2D eigenvalue weighted by Gasteiger charge is -2.20. The molecule has 3 aromatic rings. The molecule has 0 amide bonds. The van der Waals surface area contributed by atoms with Crippen molar-refractivity contribution >= 4 is 32.3 Å². The lowest BCUT2D eigenvalue weighted by Crippen LogP contribution is -2.34. The molecule has 3 rings (SSSR count). The number of hydrogen-bond donors (Lipinski definition) is 1. The second-order valence-corrected chi connectivity index (χ2v) is 8.41. The summed E-state index contributed by atoms with van der Waals surface area (Å²) in [6.45, 7) is 0.360. The normalized spacial score (nSPS) is 12.1. The van der Waals surface area contributed by atoms with Crippen LogP contribution in [-0.4, -0.2) is 43.0 Å². The molecule has 0 fully saturated rings. The molecule has 0 aliphatic carbocycles. The first-order valence-electron chi connectivity index (χ1n) is 7.53. The summed E-state index contributed by atoms with van der Waals surface area (Å²) >= 11 is 1.15. The molecular formula is C16H17N3O4S2. The summed E-state index contributed by atoms with van der Waals surface area (Å²) in [5.41, 5.74) is 0.238. The molecule has 7 nitrogen and oxygen atoms in total. The number of sulfonamides is 1. The summed E-state index contributed by atoms with van der Waals surface area (Å²) in [5, 5.41) is 2.17. The Bertz CT molecular complexity index is 1010. The molecule has 0 aliphatic rings. The van der Waals surface area contributed by atoms with Crippen LogP contribution in [0, 0.1) is 0 Å². The van der Waals surface area contributed by atoms with Crippen LogP contribution < -0.4 is 5.56 Å². The van der Waals surface area contributed by atoms with Crippen molar-refractivity contribution in [2.24, 2.45) is 0 Å². The molecule has 0 saturated carbocycles. The highest BCUT2D eigenvalue weighted by molar-refractivity contribution is 7.91. The largest absolute Gasteiger partial charge is 0.383 e. The third kappa shape index (κ3) is 3.79. The van der Waals surface area contributed by atoms with Crippen molar-refractivity contribution in [2.75, 3.05) is 20.3 Å². The molecule has 0 radical (unpaired) electrons. The van der Waals surface area contributed by atoms with Gasteiger partial charge >= 0.3 is 0 Å². The van der Waals surface area contributed by atoms with Crippen molar-refractivity contribution in [3.05, 3.63) is 58.0 Å². The first-order valence-corrected chi connectivity index (χ1v) is 9.85. The number of fused-ring (bicyclic) bond motifs is 1. The molecule has 132 valence electrons. The standard InChI is InChI=1S/C16H17N3O4S2/c1-23-9-8-19(25(21,22)15-7-4-10-24-15)11-14-17-13-6-3-2-5-12(13)16(20)18-14/h2-7,10H,8-9,11H2,1H3,(H,17,18,20). The zero-order valence-corrected chi connectivity index (χ0v) is 15.1. The summed E-state index contributed by atoms with van der Waals surface area (Å²) in [6.07, 6.45) is 0. The van der Waals surface area contributed by atoms with Crippen molar-refractivity contribution in [2.45, 2.75) is 10.8 Å². The minimum Gasteiger partial charge on any atom is -0.383 e. The van der Waals surface area contributed by atoms with Crippen LogP contribution in [0.1, 0.15) is 5.82 Å². The highest BCUT2D eigenvalue weighted by Crippen LogP contribution is 2.22. The molecule has 0 unspecified atom stereocenters. The van der Waals surface area contributed by atoms with Gasteiger partial charge in [-0.3, -0.25) is 4.79 Å². The molecule has 0 saturated heterocycles. The van der Waals surface area contributed by atoms with E-state index in [0.29, 0.717) is 16.7 Å². The number of H-pyrrole nitrogens is 1. The molecular weight excluding hydrogens is 362 g/mol. The van der Waals surface area contributed by atoms with Crippen molar-refractivity contribution in [3.63, 3.8) is 0 Å². The topological polar surface area (TPSA) is 92.4 Å². The second kappa shape index (κ2) is 7.44. The number of aromatic nitrogens is 2. The van der Waals surface area contributed by atoms with Gasteiger partial charge in [0, 0.05) is 13.7 Å². The molecule has 9 heteroatoms. The Labute approximate surface area is 149 Å². The smallest absolute Gasteiger partial charge is 0.258 e. The fraction of sp³-hybridized carbons (Fsp3) is 0.250. The Morgan fingerprint density at radius 2 is 2.04 bits per heavy atom. The van der Waals surface area contributed by atoms with Crippen LogP contribution >= 0.6 is 11.3 Å². The van der Waals surface area contributed by atoms with Gasteiger partial charge < -0.3 is 9.72 Å². The highest BCUT2D eigenvalue weighted by atomic mass is 32.2. The summed E-state index contributed by atoms with van der Waals surface area (Å²) in [7, 11) is -2.18. The highest BCUT2D eigenvalue weighted by Gasteiger charge is 2.26. The van der Waals surface area contributed by atoms with Crippen LogP contribution in [0.5, 0.6) is 0 Å². The molecule has 0 aliphatic heterocycles. The van der Waals surface area contributed by atoms with Gasteiger partial charge in [0.25, 0.3) is 15.6 Å². The first kappa shape index (κ1) is 17.7. The van der Waals surface area contributed by atoms with E-state index in [0.717, 1.165) is 11.3 Å². The molecule has 2 heterocycles. The van der Waals surface area contributed by atoms with Gasteiger partial charge in [-0.25, -0.2) is 13.4 Å². The Balaban J connectivity index is 1.97. The van der Waals surface area contributed by atoms with E-state index in [2.05, 4.69) is 9.97 Å². The lowest BCUT2D eigenvalue weighted by molar-refractivity contribution is 0.177.